The van der Waals surface area contributed by atoms with Crippen molar-refractivity contribution in [2.75, 3.05) is 0 Å². The molecule has 150 valence electrons. The monoisotopic (exact) mass is 426 g/mol. The van der Waals surface area contributed by atoms with Crippen molar-refractivity contribution < 1.29 is 22.0 Å². The Morgan fingerprint density at radius 3 is 2.32 bits per heavy atom. The first-order chi connectivity index (χ1) is 13.3. The van der Waals surface area contributed by atoms with E-state index in [4.69, 9.17) is 11.6 Å². The van der Waals surface area contributed by atoms with E-state index in [-0.39, 0.29) is 29.2 Å². The van der Waals surface area contributed by atoms with Crippen molar-refractivity contribution in [3.05, 3.63) is 64.7 Å². The summed E-state index contributed by atoms with van der Waals surface area (Å²) in [6.45, 7) is 0. The van der Waals surface area contributed by atoms with Gasteiger partial charge in [0, 0.05) is 17.0 Å². The van der Waals surface area contributed by atoms with Crippen molar-refractivity contribution in [2.24, 2.45) is 5.92 Å². The van der Waals surface area contributed by atoms with Crippen molar-refractivity contribution in [3.8, 4) is 0 Å². The lowest BCUT2D eigenvalue weighted by atomic mass is 9.76. The highest BCUT2D eigenvalue weighted by Crippen LogP contribution is 2.49. The Bertz CT molecular complexity index is 950. The third-order valence-electron chi connectivity index (χ3n) is 5.66. The molecule has 0 bridgehead atoms. The molecule has 1 aliphatic carbocycles. The minimum atomic E-state index is -4.01. The van der Waals surface area contributed by atoms with Gasteiger partial charge < -0.3 is 4.79 Å². The molecular formula is C21H21ClF2O3S. The van der Waals surface area contributed by atoms with E-state index in [0.29, 0.717) is 30.7 Å². The lowest BCUT2D eigenvalue weighted by Gasteiger charge is -2.40. The van der Waals surface area contributed by atoms with Crippen LogP contribution in [0.25, 0.3) is 0 Å². The van der Waals surface area contributed by atoms with Gasteiger partial charge in [-0.05, 0) is 80.5 Å². The van der Waals surface area contributed by atoms with E-state index in [0.717, 1.165) is 24.5 Å². The van der Waals surface area contributed by atoms with Crippen LogP contribution in [0.15, 0.2) is 47.4 Å². The quantitative estimate of drug-likeness (QED) is 0.576. The molecule has 0 atom stereocenters. The van der Waals surface area contributed by atoms with Crippen LogP contribution in [-0.4, -0.2) is 14.7 Å². The Hall–Kier alpha value is -1.79. The fraction of sp³-hybridized carbons (Fsp3) is 0.381. The van der Waals surface area contributed by atoms with Crippen molar-refractivity contribution in [1.29, 1.82) is 0 Å². The minimum Gasteiger partial charge on any atom is -0.303 e. The van der Waals surface area contributed by atoms with Crippen LogP contribution in [0.3, 0.4) is 0 Å². The number of carbonyl (C=O) groups excluding carboxylic acids is 1. The molecule has 0 amide bonds. The highest BCUT2D eigenvalue weighted by Gasteiger charge is 2.49. The second-order valence-corrected chi connectivity index (χ2v) is 9.96. The SMILES string of the molecule is O=CCC[C@H]1CC[C@@](c2cc(F)ccc2F)(S(=O)(=O)c2ccc(Cl)cc2)CC1. The molecule has 7 heteroatoms. The van der Waals surface area contributed by atoms with Crippen LogP contribution in [0, 0.1) is 17.6 Å². The van der Waals surface area contributed by atoms with Crippen LogP contribution >= 0.6 is 11.6 Å². The Balaban J connectivity index is 2.09. The van der Waals surface area contributed by atoms with Crippen LogP contribution < -0.4 is 0 Å². The van der Waals surface area contributed by atoms with Gasteiger partial charge in [0.05, 0.1) is 4.90 Å². The number of hydrogen-bond acceptors (Lipinski definition) is 3. The van der Waals surface area contributed by atoms with Gasteiger partial charge in [0.2, 0.25) is 0 Å². The maximum atomic E-state index is 14.7. The summed E-state index contributed by atoms with van der Waals surface area (Å²) in [7, 11) is -4.01. The zero-order valence-electron chi connectivity index (χ0n) is 15.2. The molecule has 1 aliphatic rings. The molecule has 0 aliphatic heterocycles. The summed E-state index contributed by atoms with van der Waals surface area (Å²) in [4.78, 5) is 10.7. The van der Waals surface area contributed by atoms with Crippen molar-refractivity contribution >= 4 is 27.7 Å². The smallest absolute Gasteiger partial charge is 0.188 e. The van der Waals surface area contributed by atoms with Gasteiger partial charge in [0.25, 0.3) is 0 Å². The summed E-state index contributed by atoms with van der Waals surface area (Å²) < 4.78 is 54.3. The molecule has 3 nitrogen and oxygen atoms in total. The number of benzene rings is 2. The summed E-state index contributed by atoms with van der Waals surface area (Å²) in [5, 5.41) is 0.391. The van der Waals surface area contributed by atoms with Crippen LogP contribution in [0.4, 0.5) is 8.78 Å². The van der Waals surface area contributed by atoms with Gasteiger partial charge in [-0.25, -0.2) is 17.2 Å². The van der Waals surface area contributed by atoms with Gasteiger partial charge in [-0.15, -0.1) is 0 Å². The van der Waals surface area contributed by atoms with Gasteiger partial charge >= 0.3 is 0 Å². The zero-order valence-corrected chi connectivity index (χ0v) is 16.8. The van der Waals surface area contributed by atoms with Crippen LogP contribution in [-0.2, 0) is 19.4 Å². The molecule has 0 aromatic heterocycles. The third-order valence-corrected chi connectivity index (χ3v) is 8.46. The van der Waals surface area contributed by atoms with Crippen molar-refractivity contribution in [3.63, 3.8) is 0 Å². The number of halogens is 3. The van der Waals surface area contributed by atoms with E-state index in [1.165, 1.54) is 24.3 Å². The highest BCUT2D eigenvalue weighted by molar-refractivity contribution is 7.92. The molecule has 28 heavy (non-hydrogen) atoms. The van der Waals surface area contributed by atoms with Gasteiger partial charge in [0.1, 0.15) is 22.7 Å². The predicted molar refractivity (Wildman–Crippen MR) is 104 cm³/mol. The van der Waals surface area contributed by atoms with Crippen molar-refractivity contribution in [2.45, 2.75) is 48.2 Å². The first kappa shape index (κ1) is 20.9. The molecule has 2 aromatic rings. The number of sulfone groups is 1. The molecule has 1 fully saturated rings. The zero-order chi connectivity index (χ0) is 20.4. The fourth-order valence-corrected chi connectivity index (χ4v) is 6.40. The maximum absolute atomic E-state index is 14.7. The summed E-state index contributed by atoms with van der Waals surface area (Å²) in [5.41, 5.74) is -0.128. The second-order valence-electron chi connectivity index (χ2n) is 7.26. The van der Waals surface area contributed by atoms with E-state index in [9.17, 15) is 22.0 Å². The molecule has 0 heterocycles. The van der Waals surface area contributed by atoms with Gasteiger partial charge in [-0.2, -0.15) is 0 Å². The number of carbonyl (C=O) groups is 1. The predicted octanol–water partition coefficient (Wildman–Crippen LogP) is 5.46. The number of aldehydes is 1. The Morgan fingerprint density at radius 1 is 1.07 bits per heavy atom. The third kappa shape index (κ3) is 3.85. The summed E-state index contributed by atoms with van der Waals surface area (Å²) in [5.74, 6) is -1.22. The summed E-state index contributed by atoms with van der Waals surface area (Å²) in [6, 6.07) is 8.69. The van der Waals surface area contributed by atoms with E-state index in [1.807, 2.05) is 0 Å². The normalized spacial score (nSPS) is 22.8. The minimum absolute atomic E-state index is 0.0342. The van der Waals surface area contributed by atoms with E-state index in [2.05, 4.69) is 0 Å². The average Bonchev–Trinajstić information content (AvgIpc) is 2.69. The lowest BCUT2D eigenvalue weighted by molar-refractivity contribution is -0.108. The molecule has 0 spiro atoms. The molecule has 2 aromatic carbocycles. The topological polar surface area (TPSA) is 51.2 Å². The van der Waals surface area contributed by atoms with Crippen LogP contribution in [0.2, 0.25) is 5.02 Å². The van der Waals surface area contributed by atoms with E-state index >= 15 is 0 Å². The molecule has 3 rings (SSSR count). The van der Waals surface area contributed by atoms with E-state index < -0.39 is 26.2 Å². The summed E-state index contributed by atoms with van der Waals surface area (Å²) >= 11 is 5.88. The van der Waals surface area contributed by atoms with Gasteiger partial charge in [-0.1, -0.05) is 11.6 Å². The number of rotatable bonds is 6. The lowest BCUT2D eigenvalue weighted by Crippen LogP contribution is -2.40. The Kier molecular flexibility index (Phi) is 6.20. The molecule has 0 N–H and O–H groups in total. The van der Waals surface area contributed by atoms with Gasteiger partial charge in [0.15, 0.2) is 9.84 Å². The average molecular weight is 427 g/mol. The van der Waals surface area contributed by atoms with Crippen LogP contribution in [0.1, 0.15) is 44.1 Å². The van der Waals surface area contributed by atoms with E-state index in [1.54, 1.807) is 0 Å². The molecule has 0 unspecified atom stereocenters. The Labute approximate surface area is 168 Å². The highest BCUT2D eigenvalue weighted by atomic mass is 35.5. The first-order valence-corrected chi connectivity index (χ1v) is 11.1. The van der Waals surface area contributed by atoms with Crippen LogP contribution in [0.5, 0.6) is 0 Å². The van der Waals surface area contributed by atoms with Crippen molar-refractivity contribution in [1.82, 2.24) is 0 Å². The molecule has 0 radical (unpaired) electrons. The standard InChI is InChI=1S/C21H21ClF2O3S/c22-16-3-6-18(7-4-16)28(26,27)21(19-14-17(23)5-8-20(19)24)11-9-15(10-12-21)2-1-13-25/h3-8,13-15H,1-2,9-12H2/t15-,21+. The molecular weight excluding hydrogens is 406 g/mol. The first-order valence-electron chi connectivity index (χ1n) is 9.19. The van der Waals surface area contributed by atoms with Gasteiger partial charge in [-0.3, -0.25) is 0 Å². The number of hydrogen-bond donors (Lipinski definition) is 0. The molecule has 1 saturated carbocycles. The summed E-state index contributed by atoms with van der Waals surface area (Å²) in [6.07, 6.45) is 3.32. The maximum Gasteiger partial charge on any atom is 0.188 e. The fourth-order valence-electron chi connectivity index (χ4n) is 4.11. The Morgan fingerprint density at radius 2 is 1.71 bits per heavy atom. The second kappa shape index (κ2) is 8.29. The molecule has 0 saturated heterocycles. The largest absolute Gasteiger partial charge is 0.303 e.